The molecule has 0 saturated carbocycles. The van der Waals surface area contributed by atoms with E-state index in [0.717, 1.165) is 51.9 Å². The topological polar surface area (TPSA) is 73.5 Å². The van der Waals surface area contributed by atoms with Crippen LogP contribution in [0, 0.1) is 0 Å². The zero-order valence-electron chi connectivity index (χ0n) is 23.4. The standard InChI is InChI=1S/C33H33N5O3/c1-4-29-28-22-37(33(39)34-24-15-19-27(20-16-24)41-5-2)31(23-13-17-26(40-3)18-14-23)30-12-9-21-36(30)32(28)38(35-29)25-10-7-6-8-11-25/h6-21,31H,4-5,22H2,1-3H3,(H,34,39). The minimum Gasteiger partial charge on any atom is -0.497 e. The van der Waals surface area contributed by atoms with Crippen LogP contribution < -0.4 is 14.8 Å². The third kappa shape index (κ3) is 4.93. The smallest absolute Gasteiger partial charge is 0.322 e. The summed E-state index contributed by atoms with van der Waals surface area (Å²) in [6, 6.07) is 29.1. The second-order valence-corrected chi connectivity index (χ2v) is 9.84. The number of aromatic nitrogens is 3. The fraction of sp³-hybridized carbons (Fsp3) is 0.212. The number of benzene rings is 3. The second kappa shape index (κ2) is 11.3. The van der Waals surface area contributed by atoms with Crippen LogP contribution in [0.1, 0.15) is 42.4 Å². The zero-order chi connectivity index (χ0) is 28.3. The number of ether oxygens (including phenoxy) is 2. The van der Waals surface area contributed by atoms with Crippen molar-refractivity contribution < 1.29 is 14.3 Å². The number of aryl methyl sites for hydroxylation is 1. The quantitative estimate of drug-likeness (QED) is 0.244. The summed E-state index contributed by atoms with van der Waals surface area (Å²) in [5, 5.41) is 8.16. The van der Waals surface area contributed by atoms with Gasteiger partial charge in [-0.3, -0.25) is 0 Å². The summed E-state index contributed by atoms with van der Waals surface area (Å²) >= 11 is 0. The van der Waals surface area contributed by atoms with Gasteiger partial charge in [-0.25, -0.2) is 9.48 Å². The highest BCUT2D eigenvalue weighted by atomic mass is 16.5. The Morgan fingerprint density at radius 2 is 1.66 bits per heavy atom. The van der Waals surface area contributed by atoms with Crippen LogP contribution in [0.4, 0.5) is 10.5 Å². The first-order valence-electron chi connectivity index (χ1n) is 13.9. The number of nitrogens with one attached hydrogen (secondary N) is 1. The molecule has 6 rings (SSSR count). The molecule has 0 radical (unpaired) electrons. The number of nitrogens with zero attached hydrogens (tertiary/aromatic N) is 4. The van der Waals surface area contributed by atoms with Gasteiger partial charge in [0.25, 0.3) is 0 Å². The van der Waals surface area contributed by atoms with Crippen molar-refractivity contribution in [3.05, 3.63) is 120 Å². The predicted molar refractivity (Wildman–Crippen MR) is 159 cm³/mol. The van der Waals surface area contributed by atoms with Gasteiger partial charge in [0.2, 0.25) is 0 Å². The molecule has 0 fully saturated rings. The Hall–Kier alpha value is -4.98. The Balaban J connectivity index is 1.49. The Labute approximate surface area is 239 Å². The highest BCUT2D eigenvalue weighted by Gasteiger charge is 2.36. The van der Waals surface area contributed by atoms with Crippen LogP contribution in [0.2, 0.25) is 0 Å². The molecule has 2 amide bonds. The van der Waals surface area contributed by atoms with E-state index in [1.54, 1.807) is 7.11 Å². The van der Waals surface area contributed by atoms with Crippen molar-refractivity contribution in [1.29, 1.82) is 0 Å². The molecule has 3 aromatic carbocycles. The fourth-order valence-electron chi connectivity index (χ4n) is 5.48. The molecule has 8 heteroatoms. The van der Waals surface area contributed by atoms with Gasteiger partial charge in [0.1, 0.15) is 17.3 Å². The van der Waals surface area contributed by atoms with E-state index in [2.05, 4.69) is 41.2 Å². The summed E-state index contributed by atoms with van der Waals surface area (Å²) in [7, 11) is 1.65. The summed E-state index contributed by atoms with van der Waals surface area (Å²) in [6.07, 6.45) is 2.79. The molecule has 1 unspecified atom stereocenters. The fourth-order valence-corrected chi connectivity index (χ4v) is 5.48. The number of hydrogen-bond acceptors (Lipinski definition) is 4. The van der Waals surface area contributed by atoms with Crippen LogP contribution in [0.15, 0.2) is 97.2 Å². The molecule has 1 N–H and O–H groups in total. The van der Waals surface area contributed by atoms with E-state index in [1.165, 1.54) is 0 Å². The van der Waals surface area contributed by atoms with Gasteiger partial charge >= 0.3 is 6.03 Å². The third-order valence-corrected chi connectivity index (χ3v) is 7.41. The van der Waals surface area contributed by atoms with Crippen LogP contribution in [0.3, 0.4) is 0 Å². The van der Waals surface area contributed by atoms with E-state index in [9.17, 15) is 4.79 Å². The SMILES string of the molecule is CCOc1ccc(NC(=O)N2Cc3c(CC)nn(-c4ccccc4)c3-n3cccc3C2c2ccc(OC)cc2)cc1. The molecule has 8 nitrogen and oxygen atoms in total. The van der Waals surface area contributed by atoms with E-state index < -0.39 is 0 Å². The van der Waals surface area contributed by atoms with Crippen molar-refractivity contribution in [1.82, 2.24) is 19.2 Å². The largest absolute Gasteiger partial charge is 0.497 e. The summed E-state index contributed by atoms with van der Waals surface area (Å²) < 4.78 is 15.2. The summed E-state index contributed by atoms with van der Waals surface area (Å²) in [5.74, 6) is 2.47. The number of fused-ring (bicyclic) bond motifs is 3. The number of para-hydroxylation sites is 1. The highest BCUT2D eigenvalue weighted by Crippen LogP contribution is 2.39. The van der Waals surface area contributed by atoms with Gasteiger partial charge in [0.05, 0.1) is 43.4 Å². The number of rotatable bonds is 7. The number of urea groups is 1. The lowest BCUT2D eigenvalue weighted by Crippen LogP contribution is -2.38. The van der Waals surface area contributed by atoms with E-state index >= 15 is 0 Å². The lowest BCUT2D eigenvalue weighted by atomic mass is 10.0. The van der Waals surface area contributed by atoms with Crippen molar-refractivity contribution >= 4 is 11.7 Å². The number of carbonyl (C=O) groups is 1. The molecule has 3 heterocycles. The minimum absolute atomic E-state index is 0.204. The molecule has 1 aliphatic rings. The Morgan fingerprint density at radius 1 is 0.927 bits per heavy atom. The van der Waals surface area contributed by atoms with Crippen molar-refractivity contribution in [2.45, 2.75) is 32.9 Å². The molecular weight excluding hydrogens is 514 g/mol. The second-order valence-electron chi connectivity index (χ2n) is 9.84. The van der Waals surface area contributed by atoms with Crippen LogP contribution >= 0.6 is 0 Å². The maximum Gasteiger partial charge on any atom is 0.322 e. The molecule has 0 spiro atoms. The van der Waals surface area contributed by atoms with E-state index in [4.69, 9.17) is 14.6 Å². The molecule has 2 aromatic heterocycles. The van der Waals surface area contributed by atoms with Gasteiger partial charge in [0.15, 0.2) is 0 Å². The minimum atomic E-state index is -0.361. The average molecular weight is 548 g/mol. The Morgan fingerprint density at radius 3 is 2.34 bits per heavy atom. The van der Waals surface area contributed by atoms with Crippen LogP contribution in [-0.4, -0.2) is 39.0 Å². The lowest BCUT2D eigenvalue weighted by molar-refractivity contribution is 0.194. The van der Waals surface area contributed by atoms with Crippen LogP contribution in [0.25, 0.3) is 11.5 Å². The molecule has 1 atom stereocenters. The average Bonchev–Trinajstić information content (AvgIpc) is 3.60. The van der Waals surface area contributed by atoms with Crippen LogP contribution in [0.5, 0.6) is 11.5 Å². The van der Waals surface area contributed by atoms with Gasteiger partial charge in [0, 0.05) is 17.4 Å². The number of hydrogen-bond donors (Lipinski definition) is 1. The van der Waals surface area contributed by atoms with Crippen molar-refractivity contribution in [2.24, 2.45) is 0 Å². The van der Waals surface area contributed by atoms with Crippen molar-refractivity contribution in [3.63, 3.8) is 0 Å². The van der Waals surface area contributed by atoms with Gasteiger partial charge in [-0.1, -0.05) is 37.3 Å². The molecule has 0 bridgehead atoms. The molecule has 0 aliphatic carbocycles. The number of anilines is 1. The summed E-state index contributed by atoms with van der Waals surface area (Å²) in [6.45, 7) is 5.02. The lowest BCUT2D eigenvalue weighted by Gasteiger charge is -2.31. The summed E-state index contributed by atoms with van der Waals surface area (Å²) in [5.41, 5.74) is 5.59. The predicted octanol–water partition coefficient (Wildman–Crippen LogP) is 6.77. The first kappa shape index (κ1) is 26.3. The molecule has 1 aliphatic heterocycles. The molecule has 5 aromatic rings. The van der Waals surface area contributed by atoms with Gasteiger partial charge in [-0.05, 0) is 79.6 Å². The van der Waals surface area contributed by atoms with Crippen molar-refractivity contribution in [3.8, 4) is 23.0 Å². The molecule has 41 heavy (non-hydrogen) atoms. The summed E-state index contributed by atoms with van der Waals surface area (Å²) in [4.78, 5) is 16.1. The Kier molecular flexibility index (Phi) is 7.20. The zero-order valence-corrected chi connectivity index (χ0v) is 23.4. The van der Waals surface area contributed by atoms with Crippen molar-refractivity contribution in [2.75, 3.05) is 19.0 Å². The number of amides is 2. The van der Waals surface area contributed by atoms with E-state index in [0.29, 0.717) is 18.8 Å². The first-order valence-corrected chi connectivity index (χ1v) is 13.9. The Bertz CT molecular complexity index is 1640. The van der Waals surface area contributed by atoms with Gasteiger partial charge in [-0.2, -0.15) is 5.10 Å². The number of methoxy groups -OCH3 is 1. The molecule has 0 saturated heterocycles. The van der Waals surface area contributed by atoms with E-state index in [1.807, 2.05) is 89.3 Å². The maximum absolute atomic E-state index is 14.2. The highest BCUT2D eigenvalue weighted by molar-refractivity contribution is 5.90. The molecular formula is C33H33N5O3. The first-order chi connectivity index (χ1) is 20.1. The van der Waals surface area contributed by atoms with Gasteiger partial charge < -0.3 is 24.3 Å². The monoisotopic (exact) mass is 547 g/mol. The number of carbonyl (C=O) groups excluding carboxylic acids is 1. The van der Waals surface area contributed by atoms with Gasteiger partial charge in [-0.15, -0.1) is 0 Å². The maximum atomic E-state index is 14.2. The van der Waals surface area contributed by atoms with E-state index in [-0.39, 0.29) is 12.1 Å². The third-order valence-electron chi connectivity index (χ3n) is 7.41. The van der Waals surface area contributed by atoms with Crippen LogP contribution in [-0.2, 0) is 13.0 Å². The normalized spacial score (nSPS) is 14.1. The molecule has 208 valence electrons.